The molecule has 0 unspecified atom stereocenters. The minimum Gasteiger partial charge on any atom is -0.310 e. The Morgan fingerprint density at radius 1 is 0.232 bits per heavy atom. The van der Waals surface area contributed by atoms with Crippen LogP contribution in [0.5, 0.6) is 0 Å². The molecule has 4 aliphatic rings. The van der Waals surface area contributed by atoms with Crippen LogP contribution in [0.25, 0.3) is 77.9 Å². The SMILES string of the molecule is c1ccc(N(c2ccc3c(c2)-c2c4cccc2-c2cccc-3c2-c2ccccc2-4)c2ccc3c(c2)C2(c4ccccc4-c4ccccc42)c2ccccc2-3)cc1. The summed E-state index contributed by atoms with van der Waals surface area (Å²) in [4.78, 5) is 2.47. The number of rotatable bonds is 3. The number of nitrogens with zero attached hydrogens (tertiary/aromatic N) is 1. The summed E-state index contributed by atoms with van der Waals surface area (Å²) in [5, 5.41) is 0. The van der Waals surface area contributed by atoms with E-state index in [4.69, 9.17) is 0 Å². The van der Waals surface area contributed by atoms with E-state index in [-0.39, 0.29) is 0 Å². The van der Waals surface area contributed by atoms with Crippen molar-refractivity contribution in [3.8, 4) is 77.9 Å². The van der Waals surface area contributed by atoms with Crippen LogP contribution in [0.1, 0.15) is 22.3 Å². The molecule has 13 rings (SSSR count). The molecule has 9 aromatic carbocycles. The summed E-state index contributed by atoms with van der Waals surface area (Å²) in [6.07, 6.45) is 0. The number of benzene rings is 9. The third-order valence-electron chi connectivity index (χ3n) is 13.0. The van der Waals surface area contributed by atoms with Crippen molar-refractivity contribution in [3.63, 3.8) is 0 Å². The molecule has 4 aliphatic carbocycles. The standard InChI is InChI=1S/C55H33N/c1-2-14-34(15-3-1)56(35-28-30-38-45-22-13-23-46-47-24-12-21-44(54(47)48(38)32-35)37-16-4-5-20-43(37)53(45)46)36-29-31-42-41-19-8-11-27-51(41)55(52(42)33-36)49-25-9-6-17-39(49)40-18-7-10-26-50(40)55/h1-33H. The topological polar surface area (TPSA) is 3.24 Å². The van der Waals surface area contributed by atoms with Crippen molar-refractivity contribution >= 4 is 17.1 Å². The van der Waals surface area contributed by atoms with Crippen LogP contribution in [0, 0.1) is 0 Å². The van der Waals surface area contributed by atoms with E-state index in [9.17, 15) is 0 Å². The zero-order valence-electron chi connectivity index (χ0n) is 30.5. The lowest BCUT2D eigenvalue weighted by molar-refractivity contribution is 0.793. The Morgan fingerprint density at radius 3 is 1.21 bits per heavy atom. The van der Waals surface area contributed by atoms with Gasteiger partial charge in [0.05, 0.1) is 5.41 Å². The van der Waals surface area contributed by atoms with Crippen molar-refractivity contribution < 1.29 is 0 Å². The summed E-state index contributed by atoms with van der Waals surface area (Å²) in [6, 6.07) is 75.1. The average Bonchev–Trinajstić information content (AvgIpc) is 3.69. The Kier molecular flexibility index (Phi) is 5.89. The highest BCUT2D eigenvalue weighted by atomic mass is 15.1. The van der Waals surface area contributed by atoms with Gasteiger partial charge < -0.3 is 4.90 Å². The molecule has 6 bridgehead atoms. The van der Waals surface area contributed by atoms with Gasteiger partial charge in [-0.15, -0.1) is 0 Å². The molecule has 0 aromatic heterocycles. The molecule has 1 nitrogen and oxygen atoms in total. The highest BCUT2D eigenvalue weighted by Gasteiger charge is 2.51. The molecule has 0 heterocycles. The lowest BCUT2D eigenvalue weighted by Gasteiger charge is -2.32. The first kappa shape index (κ1) is 30.1. The Hall–Kier alpha value is -7.22. The molecule has 0 aliphatic heterocycles. The summed E-state index contributed by atoms with van der Waals surface area (Å²) in [6.45, 7) is 0. The maximum absolute atomic E-state index is 2.49. The molecular formula is C55H33N. The van der Waals surface area contributed by atoms with Gasteiger partial charge in [-0.25, -0.2) is 0 Å². The normalized spacial score (nSPS) is 13.5. The summed E-state index contributed by atoms with van der Waals surface area (Å²) < 4.78 is 0. The molecule has 1 spiro atoms. The second-order valence-electron chi connectivity index (χ2n) is 15.5. The van der Waals surface area contributed by atoms with E-state index in [0.717, 1.165) is 17.1 Å². The second kappa shape index (κ2) is 10.9. The fraction of sp³-hybridized carbons (Fsp3) is 0.0182. The molecule has 0 fully saturated rings. The molecule has 258 valence electrons. The summed E-state index contributed by atoms with van der Waals surface area (Å²) in [7, 11) is 0. The van der Waals surface area contributed by atoms with E-state index in [2.05, 4.69) is 205 Å². The first-order chi connectivity index (χ1) is 27.8. The molecule has 0 saturated carbocycles. The van der Waals surface area contributed by atoms with Gasteiger partial charge in [-0.1, -0.05) is 164 Å². The predicted octanol–water partition coefficient (Wildman–Crippen LogP) is 14.5. The molecule has 56 heavy (non-hydrogen) atoms. The predicted molar refractivity (Wildman–Crippen MR) is 232 cm³/mol. The average molecular weight is 708 g/mol. The maximum Gasteiger partial charge on any atom is 0.0726 e. The van der Waals surface area contributed by atoms with Crippen molar-refractivity contribution in [1.82, 2.24) is 0 Å². The first-order valence-electron chi connectivity index (χ1n) is 19.6. The lowest BCUT2D eigenvalue weighted by Crippen LogP contribution is -2.26. The van der Waals surface area contributed by atoms with Gasteiger partial charge in [-0.3, -0.25) is 0 Å². The Balaban J connectivity index is 1.08. The van der Waals surface area contributed by atoms with Gasteiger partial charge in [0.2, 0.25) is 0 Å². The van der Waals surface area contributed by atoms with Crippen LogP contribution in [0.4, 0.5) is 17.1 Å². The van der Waals surface area contributed by atoms with Gasteiger partial charge in [0, 0.05) is 17.1 Å². The quantitative estimate of drug-likeness (QED) is 0.177. The molecule has 0 amide bonds. The maximum atomic E-state index is 2.49. The molecular weight excluding hydrogens is 675 g/mol. The molecule has 9 aromatic rings. The smallest absolute Gasteiger partial charge is 0.0726 e. The molecule has 0 atom stereocenters. The van der Waals surface area contributed by atoms with Gasteiger partial charge >= 0.3 is 0 Å². The monoisotopic (exact) mass is 707 g/mol. The number of hydrogen-bond donors (Lipinski definition) is 0. The lowest BCUT2D eigenvalue weighted by atomic mass is 9.70. The number of para-hydroxylation sites is 1. The number of hydrogen-bond acceptors (Lipinski definition) is 1. The largest absolute Gasteiger partial charge is 0.310 e. The van der Waals surface area contributed by atoms with E-state index >= 15 is 0 Å². The number of anilines is 3. The van der Waals surface area contributed by atoms with Gasteiger partial charge in [0.15, 0.2) is 0 Å². The van der Waals surface area contributed by atoms with Crippen molar-refractivity contribution in [2.75, 3.05) is 4.90 Å². The van der Waals surface area contributed by atoms with Crippen LogP contribution < -0.4 is 4.90 Å². The zero-order valence-corrected chi connectivity index (χ0v) is 30.5. The third-order valence-corrected chi connectivity index (χ3v) is 13.0. The minimum absolute atomic E-state index is 0.413. The Labute approximate surface area is 326 Å². The zero-order chi connectivity index (χ0) is 36.5. The van der Waals surface area contributed by atoms with E-state index in [1.165, 1.54) is 100 Å². The fourth-order valence-electron chi connectivity index (χ4n) is 10.9. The van der Waals surface area contributed by atoms with Crippen LogP contribution in [-0.2, 0) is 5.41 Å². The van der Waals surface area contributed by atoms with Crippen molar-refractivity contribution in [1.29, 1.82) is 0 Å². The Morgan fingerprint density at radius 2 is 0.625 bits per heavy atom. The van der Waals surface area contributed by atoms with Crippen LogP contribution >= 0.6 is 0 Å². The van der Waals surface area contributed by atoms with Gasteiger partial charge in [-0.05, 0) is 137 Å². The third kappa shape index (κ3) is 3.70. The second-order valence-corrected chi connectivity index (χ2v) is 15.5. The minimum atomic E-state index is -0.413. The highest BCUT2D eigenvalue weighted by molar-refractivity contribution is 6.15. The van der Waals surface area contributed by atoms with Crippen LogP contribution in [0.3, 0.4) is 0 Å². The number of fused-ring (bicyclic) bond motifs is 14. The molecule has 1 heteroatoms. The fourth-order valence-corrected chi connectivity index (χ4v) is 10.9. The van der Waals surface area contributed by atoms with Crippen molar-refractivity contribution in [2.45, 2.75) is 5.41 Å². The molecule has 0 radical (unpaired) electrons. The van der Waals surface area contributed by atoms with E-state index < -0.39 is 5.41 Å². The van der Waals surface area contributed by atoms with Crippen LogP contribution in [0.2, 0.25) is 0 Å². The van der Waals surface area contributed by atoms with Gasteiger partial charge in [-0.2, -0.15) is 0 Å². The van der Waals surface area contributed by atoms with E-state index in [1.54, 1.807) is 0 Å². The molecule has 0 N–H and O–H groups in total. The van der Waals surface area contributed by atoms with Gasteiger partial charge in [0.1, 0.15) is 0 Å². The molecule has 0 saturated heterocycles. The highest BCUT2D eigenvalue weighted by Crippen LogP contribution is 2.64. The van der Waals surface area contributed by atoms with E-state index in [1.807, 2.05) is 0 Å². The van der Waals surface area contributed by atoms with Crippen LogP contribution in [-0.4, -0.2) is 0 Å². The van der Waals surface area contributed by atoms with Crippen molar-refractivity contribution in [2.24, 2.45) is 0 Å². The summed E-state index contributed by atoms with van der Waals surface area (Å²) in [5.41, 5.74) is 26.7. The van der Waals surface area contributed by atoms with Crippen LogP contribution in [0.15, 0.2) is 200 Å². The Bertz CT molecular complexity index is 3060. The summed E-state index contributed by atoms with van der Waals surface area (Å²) >= 11 is 0. The van der Waals surface area contributed by atoms with Gasteiger partial charge in [0.25, 0.3) is 0 Å². The van der Waals surface area contributed by atoms with Crippen molar-refractivity contribution in [3.05, 3.63) is 222 Å². The van der Waals surface area contributed by atoms with E-state index in [0.29, 0.717) is 0 Å². The first-order valence-corrected chi connectivity index (χ1v) is 19.6. The summed E-state index contributed by atoms with van der Waals surface area (Å²) in [5.74, 6) is 0.